The summed E-state index contributed by atoms with van der Waals surface area (Å²) in [6, 6.07) is 17.3. The molecule has 1 saturated carbocycles. The smallest absolute Gasteiger partial charge is 0.253 e. The zero-order chi connectivity index (χ0) is 27.5. The van der Waals surface area contributed by atoms with Crippen LogP contribution in [0.3, 0.4) is 0 Å². The van der Waals surface area contributed by atoms with Crippen LogP contribution in [0.15, 0.2) is 60.8 Å². The minimum Gasteiger partial charge on any atom is -0.366 e. The summed E-state index contributed by atoms with van der Waals surface area (Å²) in [6.45, 7) is 5.05. The van der Waals surface area contributed by atoms with Crippen LogP contribution in [0.25, 0.3) is 0 Å². The van der Waals surface area contributed by atoms with Gasteiger partial charge in [0.25, 0.3) is 11.8 Å². The zero-order valence-electron chi connectivity index (χ0n) is 22.4. The van der Waals surface area contributed by atoms with Gasteiger partial charge in [0.15, 0.2) is 0 Å². The second-order valence-corrected chi connectivity index (χ2v) is 10.7. The number of carbonyl (C=O) groups excluding carboxylic acids is 3. The SMILES string of the molecule is Cc1cc(C(N)=O)cc(C)c1C(=O)NC1CC2CCCN(c3ccc(C(=O)NCc4ccccc4)cn3)C2C1. The van der Waals surface area contributed by atoms with Gasteiger partial charge in [-0.25, -0.2) is 4.98 Å². The fourth-order valence-electron chi connectivity index (χ4n) is 6.18. The van der Waals surface area contributed by atoms with E-state index in [-0.39, 0.29) is 23.9 Å². The number of primary amides is 1. The van der Waals surface area contributed by atoms with E-state index in [1.165, 1.54) is 0 Å². The number of aryl methyl sites for hydroxylation is 2. The van der Waals surface area contributed by atoms with E-state index < -0.39 is 5.91 Å². The van der Waals surface area contributed by atoms with Crippen LogP contribution in [0, 0.1) is 19.8 Å². The van der Waals surface area contributed by atoms with Crippen molar-refractivity contribution in [2.24, 2.45) is 11.7 Å². The topological polar surface area (TPSA) is 117 Å². The Labute approximate surface area is 229 Å². The molecule has 3 unspecified atom stereocenters. The summed E-state index contributed by atoms with van der Waals surface area (Å²) < 4.78 is 0. The van der Waals surface area contributed by atoms with Gasteiger partial charge in [-0.05, 0) is 86.4 Å². The largest absolute Gasteiger partial charge is 0.366 e. The molecule has 3 amide bonds. The Hall–Kier alpha value is -4.20. The lowest BCUT2D eigenvalue weighted by molar-refractivity contribution is 0.0931. The highest BCUT2D eigenvalue weighted by atomic mass is 16.2. The molecule has 2 heterocycles. The number of benzene rings is 2. The van der Waals surface area contributed by atoms with E-state index in [0.29, 0.717) is 29.2 Å². The Balaban J connectivity index is 1.22. The third-order valence-corrected chi connectivity index (χ3v) is 8.01. The minimum absolute atomic E-state index is 0.0609. The van der Waals surface area contributed by atoms with Gasteiger partial charge in [-0.15, -0.1) is 0 Å². The van der Waals surface area contributed by atoms with Crippen LogP contribution in [0.2, 0.25) is 0 Å². The molecule has 1 aliphatic heterocycles. The van der Waals surface area contributed by atoms with E-state index in [4.69, 9.17) is 5.73 Å². The summed E-state index contributed by atoms with van der Waals surface area (Å²) >= 11 is 0. The summed E-state index contributed by atoms with van der Waals surface area (Å²) in [5, 5.41) is 6.20. The Morgan fingerprint density at radius 1 is 0.974 bits per heavy atom. The van der Waals surface area contributed by atoms with Crippen LogP contribution in [0.4, 0.5) is 5.82 Å². The summed E-state index contributed by atoms with van der Waals surface area (Å²) in [7, 11) is 0. The number of pyridine rings is 1. The molecule has 3 aromatic rings. The predicted octanol–water partition coefficient (Wildman–Crippen LogP) is 3.90. The van der Waals surface area contributed by atoms with Gasteiger partial charge in [0, 0.05) is 42.5 Å². The molecule has 2 fully saturated rings. The van der Waals surface area contributed by atoms with Gasteiger partial charge in [-0.2, -0.15) is 0 Å². The number of nitrogens with zero attached hydrogens (tertiary/aromatic N) is 2. The van der Waals surface area contributed by atoms with E-state index in [1.54, 1.807) is 18.3 Å². The molecular formula is C31H35N5O3. The number of anilines is 1. The van der Waals surface area contributed by atoms with E-state index >= 15 is 0 Å². The molecule has 2 aromatic carbocycles. The molecule has 202 valence electrons. The zero-order valence-corrected chi connectivity index (χ0v) is 22.4. The van der Waals surface area contributed by atoms with Crippen LogP contribution in [-0.2, 0) is 6.54 Å². The van der Waals surface area contributed by atoms with Gasteiger partial charge in [0.1, 0.15) is 5.82 Å². The lowest BCUT2D eigenvalue weighted by Gasteiger charge is -2.38. The molecule has 4 N–H and O–H groups in total. The fraction of sp³-hybridized carbons (Fsp3) is 0.355. The van der Waals surface area contributed by atoms with Gasteiger partial charge in [-0.3, -0.25) is 14.4 Å². The van der Waals surface area contributed by atoms with E-state index in [1.807, 2.05) is 56.3 Å². The number of hydrogen-bond acceptors (Lipinski definition) is 5. The second-order valence-electron chi connectivity index (χ2n) is 10.7. The predicted molar refractivity (Wildman–Crippen MR) is 151 cm³/mol. The third-order valence-electron chi connectivity index (χ3n) is 8.01. The molecule has 1 aliphatic carbocycles. The fourth-order valence-corrected chi connectivity index (χ4v) is 6.18. The molecule has 39 heavy (non-hydrogen) atoms. The Bertz CT molecular complexity index is 1350. The van der Waals surface area contributed by atoms with Crippen molar-refractivity contribution in [3.05, 3.63) is 94.2 Å². The highest BCUT2D eigenvalue weighted by Crippen LogP contribution is 2.39. The Morgan fingerprint density at radius 2 is 1.72 bits per heavy atom. The van der Waals surface area contributed by atoms with Crippen molar-refractivity contribution < 1.29 is 14.4 Å². The van der Waals surface area contributed by atoms with Crippen molar-refractivity contribution in [3.8, 4) is 0 Å². The van der Waals surface area contributed by atoms with E-state index in [9.17, 15) is 14.4 Å². The maximum absolute atomic E-state index is 13.2. The number of nitrogens with two attached hydrogens (primary N) is 1. The second kappa shape index (κ2) is 11.3. The molecule has 3 atom stereocenters. The van der Waals surface area contributed by atoms with Gasteiger partial charge in [0.2, 0.25) is 5.91 Å². The average Bonchev–Trinajstić information content (AvgIpc) is 3.34. The number of amides is 3. The Morgan fingerprint density at radius 3 is 2.38 bits per heavy atom. The molecule has 0 spiro atoms. The molecule has 8 heteroatoms. The highest BCUT2D eigenvalue weighted by Gasteiger charge is 2.41. The van der Waals surface area contributed by atoms with Crippen LogP contribution >= 0.6 is 0 Å². The first-order chi connectivity index (χ1) is 18.8. The number of aromatic nitrogens is 1. The van der Waals surface area contributed by atoms with Crippen molar-refractivity contribution in [1.82, 2.24) is 15.6 Å². The standard InChI is InChI=1S/C31H35N5O3/c1-19-13-24(29(32)37)14-20(2)28(19)31(39)35-25-15-22-9-6-12-36(26(22)16-25)27-11-10-23(18-33-27)30(38)34-17-21-7-4-3-5-8-21/h3-5,7-8,10-11,13-14,18,22,25-26H,6,9,12,15-17H2,1-2H3,(H2,32,37)(H,34,38)(H,35,39). The minimum atomic E-state index is -0.498. The summed E-state index contributed by atoms with van der Waals surface area (Å²) in [5.41, 5.74) is 9.52. The number of nitrogens with one attached hydrogen (secondary N) is 2. The number of piperidine rings is 1. The van der Waals surface area contributed by atoms with Gasteiger partial charge < -0.3 is 21.3 Å². The molecule has 0 bridgehead atoms. The van der Waals surface area contributed by atoms with Crippen LogP contribution in [0.1, 0.15) is 73.4 Å². The van der Waals surface area contributed by atoms with Crippen molar-refractivity contribution in [1.29, 1.82) is 0 Å². The molecule has 1 aromatic heterocycles. The lowest BCUT2D eigenvalue weighted by atomic mass is 9.92. The van der Waals surface area contributed by atoms with E-state index in [2.05, 4.69) is 20.5 Å². The first-order valence-electron chi connectivity index (χ1n) is 13.6. The summed E-state index contributed by atoms with van der Waals surface area (Å²) in [4.78, 5) is 44.4. The van der Waals surface area contributed by atoms with Crippen LogP contribution in [-0.4, -0.2) is 41.3 Å². The maximum Gasteiger partial charge on any atom is 0.253 e. The van der Waals surface area contributed by atoms with Crippen molar-refractivity contribution in [2.75, 3.05) is 11.4 Å². The van der Waals surface area contributed by atoms with Gasteiger partial charge in [-0.1, -0.05) is 30.3 Å². The van der Waals surface area contributed by atoms with Crippen LogP contribution < -0.4 is 21.3 Å². The average molecular weight is 526 g/mol. The number of hydrogen-bond donors (Lipinski definition) is 3. The Kier molecular flexibility index (Phi) is 7.63. The first-order valence-corrected chi connectivity index (χ1v) is 13.6. The molecular weight excluding hydrogens is 490 g/mol. The first kappa shape index (κ1) is 26.4. The molecule has 0 radical (unpaired) electrons. The molecule has 1 saturated heterocycles. The van der Waals surface area contributed by atoms with Crippen molar-refractivity contribution in [3.63, 3.8) is 0 Å². The molecule has 8 nitrogen and oxygen atoms in total. The van der Waals surface area contributed by atoms with Gasteiger partial charge in [0.05, 0.1) is 5.56 Å². The van der Waals surface area contributed by atoms with Crippen molar-refractivity contribution >= 4 is 23.5 Å². The number of carbonyl (C=O) groups is 3. The van der Waals surface area contributed by atoms with Crippen molar-refractivity contribution in [2.45, 2.75) is 58.2 Å². The quantitative estimate of drug-likeness (QED) is 0.432. The molecule has 5 rings (SSSR count). The normalized spacial score (nSPS) is 20.3. The third kappa shape index (κ3) is 5.79. The van der Waals surface area contributed by atoms with E-state index in [0.717, 1.165) is 54.7 Å². The lowest BCUT2D eigenvalue weighted by Crippen LogP contribution is -2.43. The number of fused-ring (bicyclic) bond motifs is 1. The monoisotopic (exact) mass is 525 g/mol. The number of rotatable bonds is 7. The maximum atomic E-state index is 13.2. The molecule has 2 aliphatic rings. The van der Waals surface area contributed by atoms with Crippen LogP contribution in [0.5, 0.6) is 0 Å². The van der Waals surface area contributed by atoms with Gasteiger partial charge >= 0.3 is 0 Å². The highest BCUT2D eigenvalue weighted by molar-refractivity contribution is 6.00. The summed E-state index contributed by atoms with van der Waals surface area (Å²) in [5.74, 6) is 0.583. The summed E-state index contributed by atoms with van der Waals surface area (Å²) in [6.07, 6.45) is 5.60.